The number of piperazine rings is 1. The average molecular weight is 428 g/mol. The normalized spacial score (nSPS) is 16.1. The Morgan fingerprint density at radius 1 is 0.677 bits per heavy atom. The summed E-state index contributed by atoms with van der Waals surface area (Å²) in [5, 5.41) is 37.2. The predicted molar refractivity (Wildman–Crippen MR) is 110 cm³/mol. The van der Waals surface area contributed by atoms with E-state index in [0.29, 0.717) is 31.0 Å². The molecule has 0 saturated carbocycles. The molecule has 3 rings (SSSR count). The van der Waals surface area contributed by atoms with Crippen LogP contribution < -0.4 is 9.80 Å². The zero-order valence-corrected chi connectivity index (χ0v) is 16.5. The van der Waals surface area contributed by atoms with E-state index in [1.165, 1.54) is 24.3 Å². The predicted octanol–water partition coefficient (Wildman–Crippen LogP) is 2.19. The number of hydrogen-bond donors (Lipinski definition) is 4. The Kier molecular flexibility index (Phi) is 5.82. The molecule has 162 valence electrons. The lowest BCUT2D eigenvalue weighted by Gasteiger charge is -2.42. The summed E-state index contributed by atoms with van der Waals surface area (Å²) in [6.45, 7) is 3.04. The molecule has 2 aromatic rings. The molecule has 2 aromatic carbocycles. The first-order valence-electron chi connectivity index (χ1n) is 9.31. The second-order valence-corrected chi connectivity index (χ2v) is 7.25. The summed E-state index contributed by atoms with van der Waals surface area (Å²) in [5.41, 5.74) is 0.370. The Labute approximate surface area is 176 Å². The van der Waals surface area contributed by atoms with Crippen LogP contribution in [0.5, 0.6) is 0 Å². The van der Waals surface area contributed by atoms with E-state index < -0.39 is 23.9 Å². The molecule has 10 nitrogen and oxygen atoms in total. The van der Waals surface area contributed by atoms with Crippen LogP contribution in [0.2, 0.25) is 0 Å². The summed E-state index contributed by atoms with van der Waals surface area (Å²) in [6, 6.07) is 7.64. The van der Waals surface area contributed by atoms with Crippen molar-refractivity contribution in [1.29, 1.82) is 0 Å². The third-order valence-corrected chi connectivity index (χ3v) is 5.15. The first-order chi connectivity index (χ1) is 14.6. The van der Waals surface area contributed by atoms with Crippen LogP contribution in [0.1, 0.15) is 48.4 Å². The molecule has 0 radical (unpaired) electrons. The van der Waals surface area contributed by atoms with Gasteiger partial charge in [-0.3, -0.25) is 0 Å². The van der Waals surface area contributed by atoms with Crippen LogP contribution in [0.4, 0.5) is 11.4 Å². The molecule has 10 heteroatoms. The van der Waals surface area contributed by atoms with Crippen LogP contribution in [-0.2, 0) is 0 Å². The molecule has 0 aliphatic carbocycles. The lowest BCUT2D eigenvalue weighted by Crippen LogP contribution is -2.52. The van der Waals surface area contributed by atoms with Crippen molar-refractivity contribution in [3.8, 4) is 0 Å². The van der Waals surface area contributed by atoms with Gasteiger partial charge >= 0.3 is 23.9 Å². The van der Waals surface area contributed by atoms with Crippen LogP contribution in [-0.4, -0.2) is 70.0 Å². The van der Waals surface area contributed by atoms with Crippen LogP contribution in [0.25, 0.3) is 0 Å². The van der Waals surface area contributed by atoms with E-state index in [9.17, 15) is 39.6 Å². The smallest absolute Gasteiger partial charge is 0.335 e. The highest BCUT2D eigenvalue weighted by atomic mass is 16.4. The van der Waals surface area contributed by atoms with E-state index in [1.807, 2.05) is 16.7 Å². The topological polar surface area (TPSA) is 156 Å². The fourth-order valence-electron chi connectivity index (χ4n) is 3.64. The fourth-order valence-corrected chi connectivity index (χ4v) is 3.64. The molecule has 1 saturated heterocycles. The van der Waals surface area contributed by atoms with Crippen molar-refractivity contribution < 1.29 is 39.6 Å². The van der Waals surface area contributed by atoms with Crippen molar-refractivity contribution in [3.05, 3.63) is 58.7 Å². The number of rotatable bonds is 6. The first-order valence-corrected chi connectivity index (χ1v) is 9.31. The van der Waals surface area contributed by atoms with E-state index in [-0.39, 0.29) is 28.3 Å². The van der Waals surface area contributed by atoms with Gasteiger partial charge in [-0.05, 0) is 43.3 Å². The zero-order valence-electron chi connectivity index (χ0n) is 16.5. The highest BCUT2D eigenvalue weighted by molar-refractivity contribution is 5.96. The van der Waals surface area contributed by atoms with Crippen molar-refractivity contribution in [2.75, 3.05) is 29.4 Å². The summed E-state index contributed by atoms with van der Waals surface area (Å²) in [7, 11) is 0. The van der Waals surface area contributed by atoms with Crippen molar-refractivity contribution in [1.82, 2.24) is 0 Å². The lowest BCUT2D eigenvalue weighted by atomic mass is 10.0. The molecule has 0 bridgehead atoms. The number of hydrogen-bond acceptors (Lipinski definition) is 6. The van der Waals surface area contributed by atoms with E-state index >= 15 is 0 Å². The molecular weight excluding hydrogens is 408 g/mol. The maximum atomic E-state index is 11.4. The van der Waals surface area contributed by atoms with Gasteiger partial charge in [0.15, 0.2) is 0 Å². The fraction of sp³-hybridized carbons (Fsp3) is 0.238. The largest absolute Gasteiger partial charge is 0.478 e. The van der Waals surface area contributed by atoms with E-state index in [1.54, 1.807) is 0 Å². The number of carboxylic acid groups (broad SMARTS) is 4. The first kappa shape index (κ1) is 21.6. The number of carboxylic acids is 4. The van der Waals surface area contributed by atoms with Crippen molar-refractivity contribution in [2.45, 2.75) is 13.0 Å². The van der Waals surface area contributed by atoms with Gasteiger partial charge in [-0.1, -0.05) is 0 Å². The minimum absolute atomic E-state index is 0.134. The van der Waals surface area contributed by atoms with E-state index in [2.05, 4.69) is 0 Å². The van der Waals surface area contributed by atoms with Gasteiger partial charge in [0.25, 0.3) is 0 Å². The zero-order chi connectivity index (χ0) is 22.9. The molecule has 1 atom stereocenters. The van der Waals surface area contributed by atoms with Crippen LogP contribution >= 0.6 is 0 Å². The number of aromatic carboxylic acids is 4. The Bertz CT molecular complexity index is 1020. The number of benzene rings is 2. The highest BCUT2D eigenvalue weighted by Gasteiger charge is 2.27. The van der Waals surface area contributed by atoms with Gasteiger partial charge in [0.05, 0.1) is 22.3 Å². The third kappa shape index (κ3) is 4.58. The Morgan fingerprint density at radius 3 is 1.42 bits per heavy atom. The third-order valence-electron chi connectivity index (χ3n) is 5.15. The quantitative estimate of drug-likeness (QED) is 0.538. The van der Waals surface area contributed by atoms with Crippen LogP contribution in [0.15, 0.2) is 36.4 Å². The van der Waals surface area contributed by atoms with Gasteiger partial charge in [0, 0.05) is 37.1 Å². The molecular formula is C21H20N2O8. The molecule has 1 aliphatic heterocycles. The Hall–Kier alpha value is -4.08. The van der Waals surface area contributed by atoms with Gasteiger partial charge in [-0.15, -0.1) is 0 Å². The summed E-state index contributed by atoms with van der Waals surface area (Å²) in [4.78, 5) is 49.2. The molecule has 0 amide bonds. The minimum atomic E-state index is -1.23. The second-order valence-electron chi connectivity index (χ2n) is 7.25. The summed E-state index contributed by atoms with van der Waals surface area (Å²) < 4.78 is 0. The molecule has 1 heterocycles. The summed E-state index contributed by atoms with van der Waals surface area (Å²) in [6.07, 6.45) is 0. The maximum Gasteiger partial charge on any atom is 0.335 e. The Morgan fingerprint density at radius 2 is 1.06 bits per heavy atom. The molecule has 4 N–H and O–H groups in total. The minimum Gasteiger partial charge on any atom is -0.478 e. The molecule has 1 unspecified atom stereocenters. The number of carbonyl (C=O) groups is 4. The van der Waals surface area contributed by atoms with E-state index in [4.69, 9.17) is 0 Å². The summed E-state index contributed by atoms with van der Waals surface area (Å²) >= 11 is 0. The summed E-state index contributed by atoms with van der Waals surface area (Å²) in [5.74, 6) is -4.94. The lowest BCUT2D eigenvalue weighted by molar-refractivity contribution is 0.0676. The van der Waals surface area contributed by atoms with Crippen molar-refractivity contribution in [2.24, 2.45) is 0 Å². The second kappa shape index (κ2) is 8.34. The molecule has 0 spiro atoms. The standard InChI is InChI=1S/C21H20N2O8/c1-11-10-22(16-6-12(18(24)25)4-13(7-16)19(26)27)2-3-23(11)17-8-14(20(28)29)5-15(9-17)21(30)31/h4-9,11H,2-3,10H2,1H3,(H,24,25)(H,26,27)(H,28,29)(H,30,31). The average Bonchev–Trinajstić information content (AvgIpc) is 2.72. The van der Waals surface area contributed by atoms with Crippen molar-refractivity contribution in [3.63, 3.8) is 0 Å². The molecule has 1 fully saturated rings. The van der Waals surface area contributed by atoms with Crippen molar-refractivity contribution >= 4 is 35.3 Å². The monoisotopic (exact) mass is 428 g/mol. The van der Waals surface area contributed by atoms with Crippen LogP contribution in [0.3, 0.4) is 0 Å². The SMILES string of the molecule is CC1CN(c2cc(C(=O)O)cc(C(=O)O)c2)CCN1c1cc(C(=O)O)cc(C(=O)O)c1. The maximum absolute atomic E-state index is 11.4. The van der Waals surface area contributed by atoms with Crippen LogP contribution in [0, 0.1) is 0 Å². The molecule has 1 aliphatic rings. The van der Waals surface area contributed by atoms with E-state index in [0.717, 1.165) is 12.1 Å². The van der Waals surface area contributed by atoms with Gasteiger partial charge in [0.1, 0.15) is 0 Å². The number of nitrogens with zero attached hydrogens (tertiary/aromatic N) is 2. The van der Waals surface area contributed by atoms with Gasteiger partial charge in [-0.25, -0.2) is 19.2 Å². The van der Waals surface area contributed by atoms with Gasteiger partial charge in [0.2, 0.25) is 0 Å². The molecule has 0 aromatic heterocycles. The van der Waals surface area contributed by atoms with Gasteiger partial charge in [-0.2, -0.15) is 0 Å². The Balaban J connectivity index is 1.90. The number of anilines is 2. The highest BCUT2D eigenvalue weighted by Crippen LogP contribution is 2.28. The molecule has 31 heavy (non-hydrogen) atoms. The van der Waals surface area contributed by atoms with Gasteiger partial charge < -0.3 is 30.2 Å².